The lowest BCUT2D eigenvalue weighted by atomic mass is 10.0. The zero-order valence-corrected chi connectivity index (χ0v) is 18.3. The Balaban J connectivity index is 0.000000347. The molecule has 0 saturated heterocycles. The summed E-state index contributed by atoms with van der Waals surface area (Å²) in [6, 6.07) is 12.7. The fraction of sp³-hybridized carbons (Fsp3) is 0.304. The van der Waals surface area contributed by atoms with E-state index in [2.05, 4.69) is 29.4 Å². The average Bonchev–Trinajstić information content (AvgIpc) is 3.21. The highest BCUT2D eigenvalue weighted by molar-refractivity contribution is 5.83. The average molecular weight is 476 g/mol. The van der Waals surface area contributed by atoms with Crippen LogP contribution in [0.1, 0.15) is 24.2 Å². The van der Waals surface area contributed by atoms with Crippen LogP contribution in [-0.2, 0) is 16.0 Å². The molecule has 0 saturated carbocycles. The van der Waals surface area contributed by atoms with E-state index < -0.39 is 30.3 Å². The highest BCUT2D eigenvalue weighted by atomic mass is 16.4. The van der Waals surface area contributed by atoms with Gasteiger partial charge in [0.05, 0.1) is 6.10 Å². The van der Waals surface area contributed by atoms with E-state index in [1.54, 1.807) is 6.07 Å². The van der Waals surface area contributed by atoms with Crippen molar-refractivity contribution in [3.63, 3.8) is 0 Å². The van der Waals surface area contributed by atoms with Gasteiger partial charge in [-0.05, 0) is 42.7 Å². The summed E-state index contributed by atoms with van der Waals surface area (Å²) in [5.41, 5.74) is 2.93. The van der Waals surface area contributed by atoms with Crippen molar-refractivity contribution in [1.82, 2.24) is 10.3 Å². The minimum Gasteiger partial charge on any atom is -0.504 e. The van der Waals surface area contributed by atoms with Crippen molar-refractivity contribution in [3.05, 3.63) is 59.8 Å². The number of para-hydroxylation sites is 1. The summed E-state index contributed by atoms with van der Waals surface area (Å²) in [5.74, 6) is -3.95. The number of hydrogen-bond acceptors (Lipinski definition) is 8. The van der Waals surface area contributed by atoms with Gasteiger partial charge >= 0.3 is 11.9 Å². The number of aromatic nitrogens is 1. The monoisotopic (exact) mass is 476 g/mol. The zero-order valence-electron chi connectivity index (χ0n) is 18.3. The molecule has 0 bridgehead atoms. The first-order valence-corrected chi connectivity index (χ1v) is 10.3. The summed E-state index contributed by atoms with van der Waals surface area (Å²) < 4.78 is 0. The van der Waals surface area contributed by atoms with Gasteiger partial charge in [0.25, 0.3) is 0 Å². The van der Waals surface area contributed by atoms with E-state index in [1.807, 2.05) is 18.3 Å². The summed E-state index contributed by atoms with van der Waals surface area (Å²) in [4.78, 5) is 22.8. The number of nitrogens with one attached hydrogen (secondary N) is 2. The molecule has 11 nitrogen and oxygen atoms in total. The van der Waals surface area contributed by atoms with Crippen LogP contribution in [-0.4, -0.2) is 77.5 Å². The zero-order chi connectivity index (χ0) is 25.4. The number of carboxylic acids is 2. The van der Waals surface area contributed by atoms with Gasteiger partial charge in [-0.2, -0.15) is 0 Å². The van der Waals surface area contributed by atoms with Crippen LogP contribution in [0.2, 0.25) is 0 Å². The number of hydrogen-bond donors (Lipinski definition) is 9. The Kier molecular flexibility index (Phi) is 9.39. The third kappa shape index (κ3) is 7.18. The van der Waals surface area contributed by atoms with Gasteiger partial charge in [0, 0.05) is 29.7 Å². The number of aromatic hydroxyl groups is 2. The molecule has 1 aromatic heterocycles. The first-order chi connectivity index (χ1) is 16.0. The molecule has 9 N–H and O–H groups in total. The molecule has 2 aromatic carbocycles. The Bertz CT molecular complexity index is 1100. The minimum atomic E-state index is -2.27. The maximum atomic E-state index is 10.2. The number of aliphatic hydroxyl groups excluding tert-OH is 3. The lowest BCUT2D eigenvalue weighted by molar-refractivity contribution is -0.165. The fourth-order valence-electron chi connectivity index (χ4n) is 3.15. The molecular formula is C23H28N2O9. The number of benzene rings is 2. The number of carboxylic acid groups (broad SMARTS) is 2. The van der Waals surface area contributed by atoms with Gasteiger partial charge in [-0.25, -0.2) is 9.59 Å². The SMILES string of the molecule is CC(Cc1c[nH]c2ccccc12)NCC(O)c1ccc(O)c(O)c1.O=C(O)[C@H](O)[C@@H](O)C(=O)O. The highest BCUT2D eigenvalue weighted by Gasteiger charge is 2.29. The highest BCUT2D eigenvalue weighted by Crippen LogP contribution is 2.27. The Morgan fingerprint density at radius 1 is 0.941 bits per heavy atom. The summed E-state index contributed by atoms with van der Waals surface area (Å²) in [7, 11) is 0. The summed E-state index contributed by atoms with van der Waals surface area (Å²) in [6.45, 7) is 2.44. The molecule has 2 unspecified atom stereocenters. The Morgan fingerprint density at radius 3 is 2.15 bits per heavy atom. The van der Waals surface area contributed by atoms with Crippen LogP contribution in [0.3, 0.4) is 0 Å². The van der Waals surface area contributed by atoms with Crippen molar-refractivity contribution in [2.45, 2.75) is 37.7 Å². The van der Waals surface area contributed by atoms with Gasteiger partial charge in [0.15, 0.2) is 23.7 Å². The topological polar surface area (TPSA) is 204 Å². The second-order valence-corrected chi connectivity index (χ2v) is 7.70. The molecule has 0 aliphatic rings. The van der Waals surface area contributed by atoms with Gasteiger partial charge in [0.2, 0.25) is 0 Å². The van der Waals surface area contributed by atoms with Gasteiger partial charge in [0.1, 0.15) is 0 Å². The quantitative estimate of drug-likeness (QED) is 0.198. The third-order valence-corrected chi connectivity index (χ3v) is 5.05. The normalized spacial score (nSPS) is 14.5. The van der Waals surface area contributed by atoms with Crippen LogP contribution < -0.4 is 5.32 Å². The first kappa shape index (κ1) is 26.6. The first-order valence-electron chi connectivity index (χ1n) is 10.3. The van der Waals surface area contributed by atoms with Crippen LogP contribution in [0, 0.1) is 0 Å². The van der Waals surface area contributed by atoms with Crippen molar-refractivity contribution in [2.24, 2.45) is 0 Å². The van der Waals surface area contributed by atoms with E-state index in [0.717, 1.165) is 11.9 Å². The van der Waals surface area contributed by atoms with E-state index in [4.69, 9.17) is 20.4 Å². The molecule has 0 fully saturated rings. The fourth-order valence-corrected chi connectivity index (χ4v) is 3.15. The predicted octanol–water partition coefficient (Wildman–Crippen LogP) is 0.711. The van der Waals surface area contributed by atoms with E-state index in [-0.39, 0.29) is 17.5 Å². The number of aliphatic hydroxyl groups is 3. The van der Waals surface area contributed by atoms with Crippen LogP contribution in [0.15, 0.2) is 48.7 Å². The van der Waals surface area contributed by atoms with Gasteiger partial charge in [-0.3, -0.25) is 0 Å². The smallest absolute Gasteiger partial charge is 0.335 e. The Morgan fingerprint density at radius 2 is 1.56 bits per heavy atom. The molecule has 3 aromatic rings. The largest absolute Gasteiger partial charge is 0.504 e. The van der Waals surface area contributed by atoms with Crippen molar-refractivity contribution in [2.75, 3.05) is 6.54 Å². The van der Waals surface area contributed by atoms with Crippen LogP contribution in [0.5, 0.6) is 11.5 Å². The van der Waals surface area contributed by atoms with Crippen LogP contribution in [0.4, 0.5) is 0 Å². The van der Waals surface area contributed by atoms with E-state index in [9.17, 15) is 24.9 Å². The molecule has 0 spiro atoms. The third-order valence-electron chi connectivity index (χ3n) is 5.05. The van der Waals surface area contributed by atoms with Crippen LogP contribution in [0.25, 0.3) is 10.9 Å². The molecular weight excluding hydrogens is 448 g/mol. The molecule has 0 amide bonds. The molecule has 0 aliphatic heterocycles. The lowest BCUT2D eigenvalue weighted by Crippen LogP contribution is -2.39. The van der Waals surface area contributed by atoms with Gasteiger partial charge in [-0.1, -0.05) is 24.3 Å². The van der Waals surface area contributed by atoms with E-state index in [1.165, 1.54) is 23.1 Å². The second-order valence-electron chi connectivity index (χ2n) is 7.70. The maximum absolute atomic E-state index is 10.2. The van der Waals surface area contributed by atoms with Crippen molar-refractivity contribution in [3.8, 4) is 11.5 Å². The van der Waals surface area contributed by atoms with E-state index >= 15 is 0 Å². The molecule has 11 heteroatoms. The second kappa shape index (κ2) is 12.0. The van der Waals surface area contributed by atoms with Crippen LogP contribution >= 0.6 is 0 Å². The number of fused-ring (bicyclic) bond motifs is 1. The molecule has 4 atom stereocenters. The van der Waals surface area contributed by atoms with Gasteiger partial charge < -0.3 is 46.0 Å². The summed E-state index contributed by atoms with van der Waals surface area (Å²) in [5, 5.41) is 66.1. The number of carbonyl (C=O) groups is 2. The number of aromatic amines is 1. The van der Waals surface area contributed by atoms with Crippen molar-refractivity contribution in [1.29, 1.82) is 0 Å². The van der Waals surface area contributed by atoms with Crippen molar-refractivity contribution >= 4 is 22.8 Å². The molecule has 0 aliphatic carbocycles. The number of phenols is 2. The number of aliphatic carboxylic acids is 2. The molecule has 0 radical (unpaired) electrons. The van der Waals surface area contributed by atoms with Gasteiger partial charge in [-0.15, -0.1) is 0 Å². The predicted molar refractivity (Wildman–Crippen MR) is 121 cm³/mol. The number of H-pyrrole nitrogens is 1. The molecule has 184 valence electrons. The standard InChI is InChI=1S/C19H22N2O3.C4H6O6/c1-12(8-14-10-21-16-5-3-2-4-15(14)16)20-11-19(24)13-6-7-17(22)18(23)9-13;5-1(3(7)8)2(6)4(9)10/h2-7,9-10,12,19-24H,8,11H2,1H3;1-2,5-6H,(H,7,8)(H,9,10)/t;1-,2-/m.1/s1. The Labute approximate surface area is 194 Å². The van der Waals surface area contributed by atoms with E-state index in [0.29, 0.717) is 12.1 Å². The number of phenolic OH excluding ortho intramolecular Hbond substituents is 2. The lowest BCUT2D eigenvalue weighted by Gasteiger charge is -2.17. The molecule has 3 rings (SSSR count). The summed E-state index contributed by atoms with van der Waals surface area (Å²) in [6.07, 6.45) is -2.41. The maximum Gasteiger partial charge on any atom is 0.335 e. The van der Waals surface area contributed by atoms with Crippen molar-refractivity contribution < 1.29 is 45.3 Å². The summed E-state index contributed by atoms with van der Waals surface area (Å²) >= 11 is 0. The Hall–Kier alpha value is -3.64. The molecule has 1 heterocycles. The number of rotatable bonds is 9. The molecule has 34 heavy (non-hydrogen) atoms. The minimum absolute atomic E-state index is 0.185.